The molecule has 6 nitrogen and oxygen atoms in total. The fraction of sp³-hybridized carbons (Fsp3) is 0.286. The number of carbonyl (C=O) groups is 2. The minimum atomic E-state index is -1.00. The Balaban J connectivity index is 2.97. The number of aliphatic hydroxyl groups is 1. The Morgan fingerprint density at radius 1 is 0.750 bits per heavy atom. The number of aliphatic hydroxyl groups excluding tert-OH is 1. The molecule has 0 amide bonds. The van der Waals surface area contributed by atoms with Gasteiger partial charge in [-0.2, -0.15) is 0 Å². The molecule has 1 aromatic rings. The van der Waals surface area contributed by atoms with Crippen molar-refractivity contribution in [1.29, 1.82) is 0 Å². The van der Waals surface area contributed by atoms with Gasteiger partial charge >= 0.3 is 0 Å². The van der Waals surface area contributed by atoms with E-state index in [2.05, 4.69) is 0 Å². The lowest BCUT2D eigenvalue weighted by atomic mass is 9.84. The molecule has 0 unspecified atom stereocenters. The zero-order valence-corrected chi connectivity index (χ0v) is 11.0. The molecule has 0 aliphatic heterocycles. The van der Waals surface area contributed by atoms with Crippen molar-refractivity contribution in [3.63, 3.8) is 0 Å². The van der Waals surface area contributed by atoms with Crippen LogP contribution in [0.4, 0.5) is 0 Å². The summed E-state index contributed by atoms with van der Waals surface area (Å²) >= 11 is 0. The number of phenolic OH excluding ortho intramolecular Hbond substituents is 3. The second-order valence-corrected chi connectivity index (χ2v) is 4.47. The number of rotatable bonds is 2. The molecule has 0 spiro atoms. The predicted molar refractivity (Wildman–Crippen MR) is 70.0 cm³/mol. The van der Waals surface area contributed by atoms with Gasteiger partial charge < -0.3 is 20.4 Å². The second kappa shape index (κ2) is 4.56. The monoisotopic (exact) mass is 278 g/mol. The van der Waals surface area contributed by atoms with Crippen LogP contribution in [-0.4, -0.2) is 32.0 Å². The third kappa shape index (κ3) is 1.57. The molecule has 0 aromatic heterocycles. The van der Waals surface area contributed by atoms with Gasteiger partial charge in [-0.3, -0.25) is 9.59 Å². The third-order valence-electron chi connectivity index (χ3n) is 3.46. The Morgan fingerprint density at radius 3 is 1.85 bits per heavy atom. The quantitative estimate of drug-likeness (QED) is 0.372. The highest BCUT2D eigenvalue weighted by Gasteiger charge is 2.38. The summed E-state index contributed by atoms with van der Waals surface area (Å²) in [4.78, 5) is 23.9. The average molecular weight is 278 g/mol. The summed E-state index contributed by atoms with van der Waals surface area (Å²) in [5.74, 6) is -4.40. The van der Waals surface area contributed by atoms with Crippen LogP contribution in [0.5, 0.6) is 17.2 Å². The SMILES string of the molecule is CCC1=C(O)c2c(O)c(O)c(CC)c(O)c2C(=O)C1=O. The standard InChI is InChI=1S/C14H14O6/c1-3-5-9(15)7-8(13(19)11(5)17)10(16)6(4-2)12(18)14(7)20/h15-17,19H,3-4H2,1-2H3. The van der Waals surface area contributed by atoms with Crippen LogP contribution in [-0.2, 0) is 11.2 Å². The average Bonchev–Trinajstić information content (AvgIpc) is 2.41. The van der Waals surface area contributed by atoms with Gasteiger partial charge in [0.25, 0.3) is 0 Å². The normalized spacial score (nSPS) is 14.7. The molecular weight excluding hydrogens is 264 g/mol. The Morgan fingerprint density at radius 2 is 1.35 bits per heavy atom. The molecule has 106 valence electrons. The van der Waals surface area contributed by atoms with E-state index in [1.807, 2.05) is 0 Å². The van der Waals surface area contributed by atoms with E-state index in [4.69, 9.17) is 0 Å². The first-order valence-electron chi connectivity index (χ1n) is 6.17. The van der Waals surface area contributed by atoms with E-state index in [0.29, 0.717) is 0 Å². The number of benzene rings is 1. The zero-order valence-electron chi connectivity index (χ0n) is 11.0. The van der Waals surface area contributed by atoms with Crippen molar-refractivity contribution in [2.45, 2.75) is 26.7 Å². The number of phenols is 3. The van der Waals surface area contributed by atoms with E-state index < -0.39 is 45.7 Å². The molecule has 0 fully saturated rings. The number of carbonyl (C=O) groups excluding carboxylic acids is 2. The Labute approximate surface area is 114 Å². The molecule has 0 saturated carbocycles. The lowest BCUT2D eigenvalue weighted by Crippen LogP contribution is -2.24. The van der Waals surface area contributed by atoms with Crippen molar-refractivity contribution in [2.24, 2.45) is 0 Å². The number of aromatic hydroxyl groups is 3. The number of allylic oxidation sites excluding steroid dienone is 1. The number of ketones is 2. The summed E-state index contributed by atoms with van der Waals surface area (Å²) < 4.78 is 0. The summed E-state index contributed by atoms with van der Waals surface area (Å²) in [7, 11) is 0. The van der Waals surface area contributed by atoms with Crippen LogP contribution in [0.25, 0.3) is 5.76 Å². The van der Waals surface area contributed by atoms with Crippen LogP contribution < -0.4 is 0 Å². The highest BCUT2D eigenvalue weighted by atomic mass is 16.3. The summed E-state index contributed by atoms with van der Waals surface area (Å²) in [6.07, 6.45) is 0.234. The van der Waals surface area contributed by atoms with Gasteiger partial charge in [-0.25, -0.2) is 0 Å². The van der Waals surface area contributed by atoms with E-state index in [0.717, 1.165) is 0 Å². The van der Waals surface area contributed by atoms with Crippen molar-refractivity contribution < 1.29 is 30.0 Å². The minimum Gasteiger partial charge on any atom is -0.507 e. The van der Waals surface area contributed by atoms with Crippen LogP contribution >= 0.6 is 0 Å². The largest absolute Gasteiger partial charge is 0.507 e. The van der Waals surface area contributed by atoms with E-state index in [1.165, 1.54) is 0 Å². The molecule has 6 heteroatoms. The maximum Gasteiger partial charge on any atom is 0.237 e. The van der Waals surface area contributed by atoms with Crippen molar-refractivity contribution >= 4 is 17.3 Å². The molecule has 0 heterocycles. The van der Waals surface area contributed by atoms with Gasteiger partial charge in [0.15, 0.2) is 11.5 Å². The van der Waals surface area contributed by atoms with Crippen LogP contribution in [0.2, 0.25) is 0 Å². The molecule has 1 aromatic carbocycles. The van der Waals surface area contributed by atoms with Crippen LogP contribution in [0.3, 0.4) is 0 Å². The van der Waals surface area contributed by atoms with Gasteiger partial charge in [0.05, 0.1) is 11.1 Å². The van der Waals surface area contributed by atoms with Gasteiger partial charge in [-0.1, -0.05) is 13.8 Å². The maximum absolute atomic E-state index is 12.0. The zero-order chi connectivity index (χ0) is 15.2. The van der Waals surface area contributed by atoms with Crippen LogP contribution in [0.1, 0.15) is 41.8 Å². The van der Waals surface area contributed by atoms with Gasteiger partial charge in [0.1, 0.15) is 11.5 Å². The van der Waals surface area contributed by atoms with Gasteiger partial charge in [-0.15, -0.1) is 0 Å². The van der Waals surface area contributed by atoms with Gasteiger partial charge in [-0.05, 0) is 12.8 Å². The summed E-state index contributed by atoms with van der Waals surface area (Å²) in [6, 6.07) is 0. The highest BCUT2D eigenvalue weighted by Crippen LogP contribution is 2.47. The fourth-order valence-electron chi connectivity index (χ4n) is 2.38. The maximum atomic E-state index is 12.0. The molecule has 4 N–H and O–H groups in total. The topological polar surface area (TPSA) is 115 Å². The number of fused-ring (bicyclic) bond motifs is 1. The third-order valence-corrected chi connectivity index (χ3v) is 3.46. The van der Waals surface area contributed by atoms with E-state index >= 15 is 0 Å². The van der Waals surface area contributed by atoms with Gasteiger partial charge in [0.2, 0.25) is 11.6 Å². The summed E-state index contributed by atoms with van der Waals surface area (Å²) in [5, 5.41) is 39.8. The first-order valence-corrected chi connectivity index (χ1v) is 6.17. The molecule has 1 aliphatic carbocycles. The fourth-order valence-corrected chi connectivity index (χ4v) is 2.38. The lowest BCUT2D eigenvalue weighted by Gasteiger charge is -2.21. The Hall–Kier alpha value is -2.50. The molecule has 0 radical (unpaired) electrons. The molecule has 0 bridgehead atoms. The van der Waals surface area contributed by atoms with Crippen molar-refractivity contribution in [3.8, 4) is 17.2 Å². The molecule has 0 saturated heterocycles. The van der Waals surface area contributed by atoms with E-state index in [1.54, 1.807) is 13.8 Å². The molecule has 2 rings (SSSR count). The van der Waals surface area contributed by atoms with Gasteiger partial charge in [0, 0.05) is 11.1 Å². The minimum absolute atomic E-state index is 0.0462. The summed E-state index contributed by atoms with van der Waals surface area (Å²) in [6.45, 7) is 3.17. The lowest BCUT2D eigenvalue weighted by molar-refractivity contribution is -0.112. The second-order valence-electron chi connectivity index (χ2n) is 4.47. The first-order chi connectivity index (χ1) is 9.36. The molecule has 20 heavy (non-hydrogen) atoms. The van der Waals surface area contributed by atoms with Crippen molar-refractivity contribution in [1.82, 2.24) is 0 Å². The number of hydrogen-bond acceptors (Lipinski definition) is 6. The molecular formula is C14H14O6. The summed E-state index contributed by atoms with van der Waals surface area (Å²) in [5.41, 5.74) is -1.05. The molecule has 0 atom stereocenters. The van der Waals surface area contributed by atoms with Crippen LogP contribution in [0, 0.1) is 0 Å². The van der Waals surface area contributed by atoms with Crippen molar-refractivity contribution in [3.05, 3.63) is 22.3 Å². The van der Waals surface area contributed by atoms with E-state index in [-0.39, 0.29) is 24.0 Å². The first kappa shape index (κ1) is 13.9. The number of Topliss-reactive ketones (excluding diaryl/α,β-unsaturated/α-hetero) is 2. The Kier molecular flexibility index (Phi) is 3.17. The predicted octanol–water partition coefficient (Wildman–Crippen LogP) is 1.81. The number of hydrogen-bond donors (Lipinski definition) is 4. The van der Waals surface area contributed by atoms with Crippen LogP contribution in [0.15, 0.2) is 5.57 Å². The van der Waals surface area contributed by atoms with E-state index in [9.17, 15) is 30.0 Å². The highest BCUT2D eigenvalue weighted by molar-refractivity contribution is 6.53. The molecule has 1 aliphatic rings. The Bertz CT molecular complexity index is 669. The smallest absolute Gasteiger partial charge is 0.237 e. The van der Waals surface area contributed by atoms with Crippen molar-refractivity contribution in [2.75, 3.05) is 0 Å².